The molecule has 2 aromatic rings. The van der Waals surface area contributed by atoms with Crippen LogP contribution >= 0.6 is 0 Å². The highest BCUT2D eigenvalue weighted by atomic mass is 16.6. The highest BCUT2D eigenvalue weighted by Crippen LogP contribution is 2.22. The molecule has 1 atom stereocenters. The zero-order valence-electron chi connectivity index (χ0n) is 13.6. The highest BCUT2D eigenvalue weighted by molar-refractivity contribution is 5.68. The minimum absolute atomic E-state index is 0.0361. The van der Waals surface area contributed by atoms with Crippen LogP contribution < -0.4 is 16.0 Å². The van der Waals surface area contributed by atoms with Crippen LogP contribution in [0.3, 0.4) is 0 Å². The molecule has 8 nitrogen and oxygen atoms in total. The average Bonchev–Trinajstić information content (AvgIpc) is 3.04. The fraction of sp³-hybridized carbons (Fsp3) is 0.533. The van der Waals surface area contributed by atoms with Gasteiger partial charge in [-0.25, -0.2) is 9.78 Å². The summed E-state index contributed by atoms with van der Waals surface area (Å²) >= 11 is 0. The minimum atomic E-state index is -0.495. The van der Waals surface area contributed by atoms with Crippen molar-refractivity contribution < 1.29 is 9.53 Å². The van der Waals surface area contributed by atoms with E-state index in [1.807, 2.05) is 26.8 Å². The van der Waals surface area contributed by atoms with E-state index in [1.165, 1.54) is 0 Å². The molecule has 0 bridgehead atoms. The molecule has 0 aliphatic carbocycles. The first-order valence-corrected chi connectivity index (χ1v) is 7.66. The lowest BCUT2D eigenvalue weighted by Crippen LogP contribution is -2.40. The number of hydrogen-bond acceptors (Lipinski definition) is 6. The largest absolute Gasteiger partial charge is 0.444 e. The molecule has 1 aliphatic heterocycles. The van der Waals surface area contributed by atoms with E-state index in [0.717, 1.165) is 18.8 Å². The van der Waals surface area contributed by atoms with Crippen molar-refractivity contribution in [3.05, 3.63) is 18.3 Å². The van der Waals surface area contributed by atoms with E-state index in [-0.39, 0.29) is 12.1 Å². The molecule has 23 heavy (non-hydrogen) atoms. The van der Waals surface area contributed by atoms with Crippen molar-refractivity contribution in [2.75, 3.05) is 23.7 Å². The Kier molecular flexibility index (Phi) is 3.75. The van der Waals surface area contributed by atoms with Gasteiger partial charge in [0.1, 0.15) is 17.2 Å². The zero-order chi connectivity index (χ0) is 16.6. The number of fused-ring (bicyclic) bond motifs is 1. The third-order valence-electron chi connectivity index (χ3n) is 3.61. The number of ether oxygens (including phenoxy) is 1. The van der Waals surface area contributed by atoms with Crippen molar-refractivity contribution in [2.24, 2.45) is 0 Å². The summed E-state index contributed by atoms with van der Waals surface area (Å²) in [6, 6.07) is 3.65. The Bertz CT molecular complexity index is 720. The molecule has 124 valence electrons. The summed E-state index contributed by atoms with van der Waals surface area (Å²) in [5.41, 5.74) is 6.21. The summed E-state index contributed by atoms with van der Waals surface area (Å²) in [6.45, 7) is 7.02. The Balaban J connectivity index is 1.66. The maximum atomic E-state index is 11.9. The smallest absolute Gasteiger partial charge is 0.407 e. The van der Waals surface area contributed by atoms with Crippen LogP contribution in [-0.2, 0) is 4.74 Å². The monoisotopic (exact) mass is 318 g/mol. The standard InChI is InChI=1S/C15H22N6O2/c1-15(2,3)23-14(22)18-10-5-7-20(9-10)13-8-11(16)21-12(19-13)4-6-17-21/h4,6,8,10H,5,7,9,16H2,1-3H3,(H,18,22)/t10-/m0/s1. The van der Waals surface area contributed by atoms with Crippen LogP contribution in [-0.4, -0.2) is 45.4 Å². The molecule has 8 heteroatoms. The van der Waals surface area contributed by atoms with Crippen molar-refractivity contribution in [1.82, 2.24) is 19.9 Å². The second kappa shape index (κ2) is 5.60. The van der Waals surface area contributed by atoms with Crippen LogP contribution in [0.15, 0.2) is 18.3 Å². The Morgan fingerprint density at radius 1 is 1.48 bits per heavy atom. The van der Waals surface area contributed by atoms with Gasteiger partial charge in [-0.3, -0.25) is 0 Å². The van der Waals surface area contributed by atoms with Crippen LogP contribution in [0.2, 0.25) is 0 Å². The van der Waals surface area contributed by atoms with E-state index in [0.29, 0.717) is 18.0 Å². The van der Waals surface area contributed by atoms with Crippen LogP contribution in [0.4, 0.5) is 16.4 Å². The number of carbonyl (C=O) groups excluding carboxylic acids is 1. The number of nitrogens with zero attached hydrogens (tertiary/aromatic N) is 4. The van der Waals surface area contributed by atoms with Gasteiger partial charge in [-0.15, -0.1) is 0 Å². The fourth-order valence-corrected chi connectivity index (χ4v) is 2.65. The number of hydrogen-bond donors (Lipinski definition) is 2. The second-order valence-corrected chi connectivity index (χ2v) is 6.72. The molecule has 0 aromatic carbocycles. The van der Waals surface area contributed by atoms with Crippen molar-refractivity contribution in [3.63, 3.8) is 0 Å². The fourth-order valence-electron chi connectivity index (χ4n) is 2.65. The maximum absolute atomic E-state index is 11.9. The number of nitrogens with two attached hydrogens (primary N) is 1. The van der Waals surface area contributed by atoms with Gasteiger partial charge in [0.2, 0.25) is 0 Å². The van der Waals surface area contributed by atoms with Crippen LogP contribution in [0.5, 0.6) is 0 Å². The molecule has 2 aromatic heterocycles. The zero-order valence-corrected chi connectivity index (χ0v) is 13.6. The lowest BCUT2D eigenvalue weighted by Gasteiger charge is -2.22. The number of rotatable bonds is 2. The average molecular weight is 318 g/mol. The number of amides is 1. The lowest BCUT2D eigenvalue weighted by molar-refractivity contribution is 0.0509. The summed E-state index contributed by atoms with van der Waals surface area (Å²) in [4.78, 5) is 18.5. The normalized spacial score (nSPS) is 18.4. The number of alkyl carbamates (subject to hydrolysis) is 1. The van der Waals surface area contributed by atoms with Gasteiger partial charge in [-0.05, 0) is 27.2 Å². The molecular formula is C15H22N6O2. The SMILES string of the molecule is CC(C)(C)OC(=O)N[C@H]1CCN(c2cc(N)n3nccc3n2)C1. The van der Waals surface area contributed by atoms with Crippen molar-refractivity contribution >= 4 is 23.4 Å². The first-order valence-electron chi connectivity index (χ1n) is 7.66. The molecule has 0 saturated carbocycles. The summed E-state index contributed by atoms with van der Waals surface area (Å²) in [5, 5.41) is 7.01. The van der Waals surface area contributed by atoms with Gasteiger partial charge in [0, 0.05) is 25.2 Å². The first kappa shape index (κ1) is 15.4. The topological polar surface area (TPSA) is 97.8 Å². The van der Waals surface area contributed by atoms with Crippen LogP contribution in [0.25, 0.3) is 5.65 Å². The molecule has 0 spiro atoms. The Morgan fingerprint density at radius 2 is 2.26 bits per heavy atom. The molecule has 1 saturated heterocycles. The van der Waals surface area contributed by atoms with Crippen molar-refractivity contribution in [1.29, 1.82) is 0 Å². The van der Waals surface area contributed by atoms with E-state index in [1.54, 1.807) is 16.8 Å². The number of aromatic nitrogens is 3. The molecule has 1 amide bonds. The summed E-state index contributed by atoms with van der Waals surface area (Å²) in [5.74, 6) is 1.34. The van der Waals surface area contributed by atoms with Crippen LogP contribution in [0.1, 0.15) is 27.2 Å². The summed E-state index contributed by atoms with van der Waals surface area (Å²) in [6.07, 6.45) is 2.12. The number of anilines is 2. The molecular weight excluding hydrogens is 296 g/mol. The van der Waals surface area contributed by atoms with E-state index < -0.39 is 5.60 Å². The molecule has 3 rings (SSSR count). The first-order chi connectivity index (χ1) is 10.8. The number of nitrogens with one attached hydrogen (secondary N) is 1. The van der Waals surface area contributed by atoms with Crippen molar-refractivity contribution in [3.8, 4) is 0 Å². The van der Waals surface area contributed by atoms with Gasteiger partial charge in [0.15, 0.2) is 5.65 Å². The highest BCUT2D eigenvalue weighted by Gasteiger charge is 2.27. The Labute approximate surface area is 134 Å². The Hall–Kier alpha value is -2.51. The molecule has 0 radical (unpaired) electrons. The number of carbonyl (C=O) groups is 1. The predicted octanol–water partition coefficient (Wildman–Crippen LogP) is 1.41. The van der Waals surface area contributed by atoms with E-state index in [9.17, 15) is 4.79 Å². The van der Waals surface area contributed by atoms with Gasteiger partial charge >= 0.3 is 6.09 Å². The third-order valence-corrected chi connectivity index (χ3v) is 3.61. The maximum Gasteiger partial charge on any atom is 0.407 e. The van der Waals surface area contributed by atoms with Gasteiger partial charge in [0.05, 0.1) is 12.2 Å². The predicted molar refractivity (Wildman–Crippen MR) is 87.4 cm³/mol. The molecule has 3 N–H and O–H groups in total. The van der Waals surface area contributed by atoms with Crippen LogP contribution in [0, 0.1) is 0 Å². The van der Waals surface area contributed by atoms with Gasteiger partial charge in [-0.2, -0.15) is 9.61 Å². The van der Waals surface area contributed by atoms with E-state index >= 15 is 0 Å². The molecule has 1 aliphatic rings. The summed E-state index contributed by atoms with van der Waals surface area (Å²) < 4.78 is 6.88. The second-order valence-electron chi connectivity index (χ2n) is 6.72. The lowest BCUT2D eigenvalue weighted by atomic mass is 10.2. The number of nitrogen functional groups attached to an aromatic ring is 1. The van der Waals surface area contributed by atoms with E-state index in [2.05, 4.69) is 20.3 Å². The quantitative estimate of drug-likeness (QED) is 0.869. The molecule has 0 unspecified atom stereocenters. The summed E-state index contributed by atoms with van der Waals surface area (Å²) in [7, 11) is 0. The van der Waals surface area contributed by atoms with Gasteiger partial charge < -0.3 is 20.7 Å². The Morgan fingerprint density at radius 3 is 3.00 bits per heavy atom. The minimum Gasteiger partial charge on any atom is -0.444 e. The molecule has 1 fully saturated rings. The third kappa shape index (κ3) is 3.46. The van der Waals surface area contributed by atoms with Gasteiger partial charge in [-0.1, -0.05) is 0 Å². The van der Waals surface area contributed by atoms with Gasteiger partial charge in [0.25, 0.3) is 0 Å². The van der Waals surface area contributed by atoms with Crippen molar-refractivity contribution in [2.45, 2.75) is 38.8 Å². The molecule has 3 heterocycles. The van der Waals surface area contributed by atoms with E-state index in [4.69, 9.17) is 10.5 Å².